The number of aliphatic imine (C=N–C) groups is 5. The molecule has 0 spiro atoms. The predicted octanol–water partition coefficient (Wildman–Crippen LogP) is 10.3. The van der Waals surface area contributed by atoms with Gasteiger partial charge in [0.1, 0.15) is 5.84 Å². The monoisotopic (exact) mass is 900 g/mol. The summed E-state index contributed by atoms with van der Waals surface area (Å²) in [4.78, 5) is 49.4. The molecular weight excluding hydrogens is 870 g/mol. The zero-order valence-electron chi connectivity index (χ0n) is 35.3. The van der Waals surface area contributed by atoms with Crippen molar-refractivity contribution in [3.8, 4) is 44.5 Å². The Labute approximate surface area is 391 Å². The molecule has 306 valence electrons. The second-order valence-corrected chi connectivity index (χ2v) is 16.1. The van der Waals surface area contributed by atoms with Gasteiger partial charge in [0.15, 0.2) is 0 Å². The Bertz CT molecular complexity index is 3600. The van der Waals surface area contributed by atoms with Crippen LogP contribution in [0.3, 0.4) is 0 Å². The number of aromatic nitrogens is 5. The minimum Gasteiger partial charge on any atom is -0.437 e. The molecule has 4 aromatic carbocycles. The van der Waals surface area contributed by atoms with Crippen LogP contribution in [0.2, 0.25) is 0 Å². The quantitative estimate of drug-likeness (QED) is 0.174. The maximum Gasteiger partial charge on any atom is 2.00 e. The van der Waals surface area contributed by atoms with Gasteiger partial charge >= 0.3 is 19.5 Å². The van der Waals surface area contributed by atoms with Crippen LogP contribution in [0.15, 0.2) is 196 Å². The van der Waals surface area contributed by atoms with Crippen LogP contribution in [0.25, 0.3) is 60.6 Å². The molecule has 0 saturated carbocycles. The van der Waals surface area contributed by atoms with Crippen molar-refractivity contribution in [2.24, 2.45) is 25.0 Å². The fraction of sp³-hybridized carbons (Fsp3) is 0.0377. The minimum atomic E-state index is -1.05. The fourth-order valence-electron chi connectivity index (χ4n) is 9.44. The second-order valence-electron chi connectivity index (χ2n) is 16.1. The van der Waals surface area contributed by atoms with E-state index in [1.165, 1.54) is 0 Å². The van der Waals surface area contributed by atoms with Crippen molar-refractivity contribution in [1.29, 1.82) is 0 Å². The van der Waals surface area contributed by atoms with E-state index >= 15 is 0 Å². The van der Waals surface area contributed by atoms with E-state index in [-0.39, 0.29) is 19.5 Å². The van der Waals surface area contributed by atoms with Gasteiger partial charge < -0.3 is 30.6 Å². The SMILES string of the molecule is CC12[N-]C(=NC3=N/C(=N\c4[n-]c(c5c(-c6ccncc6)cccc45)/N=C4\N=C(N1)c1c4cccc1-c1ccncc1)c1c3cccc1-c1ccncc1)c1c(-c3ccncc3)cccc12.[Zn+2]. The second kappa shape index (κ2) is 15.4. The van der Waals surface area contributed by atoms with E-state index < -0.39 is 5.66 Å². The van der Waals surface area contributed by atoms with Crippen LogP contribution in [-0.2, 0) is 25.1 Å². The van der Waals surface area contributed by atoms with Gasteiger partial charge in [-0.3, -0.25) is 19.9 Å². The van der Waals surface area contributed by atoms with Gasteiger partial charge in [-0.15, -0.1) is 0 Å². The molecular formula is C53H32N12Zn. The van der Waals surface area contributed by atoms with Crippen LogP contribution in [0.1, 0.15) is 40.3 Å². The Kier molecular flexibility index (Phi) is 9.14. The van der Waals surface area contributed by atoms with Crippen molar-refractivity contribution in [2.75, 3.05) is 0 Å². The Morgan fingerprint density at radius 2 is 0.894 bits per heavy atom. The first-order valence-electron chi connectivity index (χ1n) is 21.1. The molecule has 13 heteroatoms. The predicted molar refractivity (Wildman–Crippen MR) is 255 cm³/mol. The van der Waals surface area contributed by atoms with Gasteiger partial charge in [-0.25, -0.2) is 9.98 Å². The molecule has 5 aromatic heterocycles. The molecule has 1 unspecified atom stereocenters. The largest absolute Gasteiger partial charge is 2.00 e. The maximum atomic E-state index is 5.52. The molecule has 0 fully saturated rings. The van der Waals surface area contributed by atoms with E-state index in [1.807, 2.05) is 78.9 Å². The molecule has 0 saturated heterocycles. The molecule has 1 N–H and O–H groups in total. The van der Waals surface area contributed by atoms with E-state index in [9.17, 15) is 0 Å². The topological polar surface area (TPSA) is 154 Å². The van der Waals surface area contributed by atoms with Crippen molar-refractivity contribution in [2.45, 2.75) is 12.6 Å². The zero-order chi connectivity index (χ0) is 43.1. The summed E-state index contributed by atoms with van der Waals surface area (Å²) in [5, 5.41) is 11.0. The Balaban J connectivity index is 0.00000456. The number of amidine groups is 5. The summed E-state index contributed by atoms with van der Waals surface area (Å²) in [7, 11) is 0. The molecule has 9 heterocycles. The molecule has 13 rings (SSSR count). The van der Waals surface area contributed by atoms with Crippen LogP contribution in [0.5, 0.6) is 0 Å². The molecule has 12 nitrogen and oxygen atoms in total. The van der Waals surface area contributed by atoms with Crippen molar-refractivity contribution >= 4 is 51.6 Å². The van der Waals surface area contributed by atoms with Crippen LogP contribution in [-0.4, -0.2) is 49.1 Å². The average Bonchev–Trinajstić information content (AvgIpc) is 4.09. The number of hydrogen-bond acceptors (Lipinski definition) is 10. The first-order chi connectivity index (χ1) is 32.1. The van der Waals surface area contributed by atoms with Crippen LogP contribution in [0.4, 0.5) is 11.6 Å². The smallest absolute Gasteiger partial charge is 0.437 e. The number of nitrogens with zero attached hydrogens (tertiary/aromatic N) is 11. The minimum absolute atomic E-state index is 0. The molecule has 0 amide bonds. The van der Waals surface area contributed by atoms with Crippen molar-refractivity contribution in [1.82, 2.24) is 30.2 Å². The van der Waals surface area contributed by atoms with Crippen molar-refractivity contribution in [3.05, 3.63) is 210 Å². The van der Waals surface area contributed by atoms with Crippen LogP contribution in [0, 0.1) is 0 Å². The van der Waals surface area contributed by atoms with E-state index in [1.54, 1.807) is 49.6 Å². The number of benzene rings is 4. The number of rotatable bonds is 4. The summed E-state index contributed by atoms with van der Waals surface area (Å²) in [6.45, 7) is 2.07. The van der Waals surface area contributed by atoms with E-state index in [0.717, 1.165) is 88.7 Å². The summed E-state index contributed by atoms with van der Waals surface area (Å²) in [6.07, 6.45) is 14.4. The maximum absolute atomic E-state index is 5.52. The van der Waals surface area contributed by atoms with Crippen molar-refractivity contribution < 1.29 is 19.5 Å². The van der Waals surface area contributed by atoms with E-state index in [0.29, 0.717) is 40.8 Å². The van der Waals surface area contributed by atoms with Crippen molar-refractivity contribution in [3.63, 3.8) is 0 Å². The summed E-state index contributed by atoms with van der Waals surface area (Å²) in [5.74, 6) is 3.54. The Morgan fingerprint density at radius 1 is 0.424 bits per heavy atom. The van der Waals surface area contributed by atoms with Gasteiger partial charge in [0.2, 0.25) is 0 Å². The Hall–Kier alpha value is -8.41. The van der Waals surface area contributed by atoms with Gasteiger partial charge in [0, 0.05) is 88.9 Å². The summed E-state index contributed by atoms with van der Waals surface area (Å²) in [6, 6.07) is 40.8. The summed E-state index contributed by atoms with van der Waals surface area (Å²) >= 11 is 0. The zero-order valence-corrected chi connectivity index (χ0v) is 38.3. The third kappa shape index (κ3) is 6.19. The van der Waals surface area contributed by atoms with Crippen LogP contribution >= 0.6 is 0 Å². The molecule has 0 radical (unpaired) electrons. The fourth-order valence-corrected chi connectivity index (χ4v) is 9.44. The molecule has 4 aliphatic rings. The third-order valence-corrected chi connectivity index (χ3v) is 12.3. The molecule has 8 bridgehead atoms. The molecule has 0 aliphatic carbocycles. The number of nitrogens with one attached hydrogen (secondary N) is 1. The third-order valence-electron chi connectivity index (χ3n) is 12.3. The average molecular weight is 902 g/mol. The van der Waals surface area contributed by atoms with Crippen LogP contribution < -0.4 is 10.3 Å². The normalized spacial score (nSPS) is 17.9. The number of fused-ring (bicyclic) bond motifs is 18. The number of hydrogen-bond donors (Lipinski definition) is 1. The summed E-state index contributed by atoms with van der Waals surface area (Å²) < 4.78 is 0. The molecule has 4 aliphatic heterocycles. The van der Waals surface area contributed by atoms with Gasteiger partial charge in [0.25, 0.3) is 0 Å². The molecule has 66 heavy (non-hydrogen) atoms. The van der Waals surface area contributed by atoms with E-state index in [2.05, 4.69) is 74.6 Å². The van der Waals surface area contributed by atoms with Gasteiger partial charge in [-0.1, -0.05) is 78.6 Å². The standard InChI is InChI=1S/C53H32N12.Zn/c1-53-41-13-5-9-37(33-20-28-57-29-21-33)45(41)52(65-53)63-47-39-11-3-7-35(31-16-24-55-25-17-31)43(39)50(60-47)59-46-38-10-2-6-34(30-14-22-54-23-15-30)42(38)49(58-46)61-48-40-12-4-8-36(32-18-26-56-27-19-32)44(40)51(62-48)64-53;/h2-29H,1H3,(H-,59,60,61,62,63,64,65);/q-2;+2. The van der Waals surface area contributed by atoms with Gasteiger partial charge in [0.05, 0.1) is 23.2 Å². The Morgan fingerprint density at radius 3 is 1.52 bits per heavy atom. The molecule has 9 aromatic rings. The first-order valence-corrected chi connectivity index (χ1v) is 21.1. The molecule has 1 atom stereocenters. The number of pyridine rings is 4. The summed E-state index contributed by atoms with van der Waals surface area (Å²) in [5.41, 5.74) is 11.9. The van der Waals surface area contributed by atoms with E-state index in [4.69, 9.17) is 35.3 Å². The van der Waals surface area contributed by atoms with Gasteiger partial charge in [-0.2, -0.15) is 0 Å². The first kappa shape index (κ1) is 39.2. The van der Waals surface area contributed by atoms with Gasteiger partial charge in [-0.05, 0) is 116 Å².